The van der Waals surface area contributed by atoms with E-state index >= 15 is 0 Å². The smallest absolute Gasteiger partial charge is 0.268 e. The third kappa shape index (κ3) is 3.97. The van der Waals surface area contributed by atoms with E-state index in [1.165, 1.54) is 19.3 Å². The molecule has 140 valence electrons. The minimum Gasteiger partial charge on any atom is -0.465 e. The molecular weight excluding hydrogens is 340 g/mol. The van der Waals surface area contributed by atoms with E-state index < -0.39 is 0 Å². The molecule has 2 aliphatic rings. The summed E-state index contributed by atoms with van der Waals surface area (Å²) in [4.78, 5) is 25.5. The van der Waals surface area contributed by atoms with Crippen LogP contribution in [0.2, 0.25) is 0 Å². The fourth-order valence-electron chi connectivity index (χ4n) is 4.32. The van der Waals surface area contributed by atoms with Crippen LogP contribution in [0.5, 0.6) is 0 Å². The molecule has 2 N–H and O–H groups in total. The third-order valence-corrected chi connectivity index (χ3v) is 5.66. The van der Waals surface area contributed by atoms with Crippen molar-refractivity contribution in [1.29, 1.82) is 0 Å². The number of furan rings is 1. The summed E-state index contributed by atoms with van der Waals surface area (Å²) in [6, 6.07) is 11.0. The van der Waals surface area contributed by atoms with Crippen molar-refractivity contribution in [3.05, 3.63) is 65.2 Å². The Bertz CT molecular complexity index is 869. The van der Waals surface area contributed by atoms with E-state index in [9.17, 15) is 9.59 Å². The van der Waals surface area contributed by atoms with Gasteiger partial charge >= 0.3 is 0 Å². The molecule has 0 aliphatic heterocycles. The number of carbonyl (C=O) groups is 2. The van der Waals surface area contributed by atoms with Crippen LogP contribution >= 0.6 is 0 Å². The average Bonchev–Trinajstić information content (AvgIpc) is 3.39. The summed E-state index contributed by atoms with van der Waals surface area (Å²) in [6.45, 7) is 1.93. The van der Waals surface area contributed by atoms with Crippen molar-refractivity contribution < 1.29 is 14.0 Å². The first kappa shape index (κ1) is 17.6. The summed E-state index contributed by atoms with van der Waals surface area (Å²) in [5.74, 6) is 1.26. The maximum absolute atomic E-state index is 12.9. The molecule has 0 unspecified atom stereocenters. The van der Waals surface area contributed by atoms with Gasteiger partial charge in [-0.2, -0.15) is 0 Å². The van der Waals surface area contributed by atoms with Gasteiger partial charge < -0.3 is 15.1 Å². The summed E-state index contributed by atoms with van der Waals surface area (Å²) in [5.41, 5.74) is 1.72. The zero-order valence-corrected chi connectivity index (χ0v) is 15.4. The minimum atomic E-state index is -0.306. The number of hydrogen-bond acceptors (Lipinski definition) is 3. The van der Waals surface area contributed by atoms with Crippen LogP contribution in [-0.4, -0.2) is 17.9 Å². The predicted octanol–water partition coefficient (Wildman–Crippen LogP) is 3.66. The van der Waals surface area contributed by atoms with Gasteiger partial charge in [-0.3, -0.25) is 9.59 Å². The van der Waals surface area contributed by atoms with Crippen molar-refractivity contribution in [2.75, 3.05) is 0 Å². The summed E-state index contributed by atoms with van der Waals surface area (Å²) < 4.78 is 5.33. The number of nitrogens with one attached hydrogen (secondary N) is 2. The average molecular weight is 364 g/mol. The fraction of sp³-hybridized carbons (Fsp3) is 0.364. The first-order valence-corrected chi connectivity index (χ1v) is 9.52. The van der Waals surface area contributed by atoms with Crippen LogP contribution in [-0.2, 0) is 4.79 Å². The highest BCUT2D eigenvalue weighted by Crippen LogP contribution is 2.44. The number of rotatable bonds is 5. The van der Waals surface area contributed by atoms with Gasteiger partial charge in [-0.05, 0) is 62.3 Å². The lowest BCUT2D eigenvalue weighted by atomic mass is 9.95. The number of fused-ring (bicyclic) bond motifs is 2. The summed E-state index contributed by atoms with van der Waals surface area (Å²) >= 11 is 0. The van der Waals surface area contributed by atoms with Crippen LogP contribution in [0.1, 0.15) is 47.4 Å². The van der Waals surface area contributed by atoms with Crippen molar-refractivity contribution in [1.82, 2.24) is 10.6 Å². The highest BCUT2D eigenvalue weighted by molar-refractivity contribution is 6.05. The highest BCUT2D eigenvalue weighted by atomic mass is 16.3. The molecular formula is C22H24N2O3. The predicted molar refractivity (Wildman–Crippen MR) is 103 cm³/mol. The van der Waals surface area contributed by atoms with E-state index in [1.54, 1.807) is 36.6 Å². The molecule has 0 spiro atoms. The van der Waals surface area contributed by atoms with E-state index in [1.807, 2.05) is 19.1 Å². The molecule has 1 heterocycles. The van der Waals surface area contributed by atoms with Crippen molar-refractivity contribution in [2.45, 2.75) is 38.6 Å². The van der Waals surface area contributed by atoms with Gasteiger partial charge in [0.1, 0.15) is 11.5 Å². The Morgan fingerprint density at radius 3 is 2.70 bits per heavy atom. The number of aryl methyl sites for hydroxylation is 1. The van der Waals surface area contributed by atoms with Gasteiger partial charge in [-0.1, -0.05) is 24.1 Å². The molecule has 2 fully saturated rings. The Balaban J connectivity index is 1.52. The van der Waals surface area contributed by atoms with Gasteiger partial charge in [-0.25, -0.2) is 0 Å². The lowest BCUT2D eigenvalue weighted by Gasteiger charge is -2.23. The third-order valence-electron chi connectivity index (χ3n) is 5.66. The molecule has 2 bridgehead atoms. The summed E-state index contributed by atoms with van der Waals surface area (Å²) in [6.07, 6.45) is 7.82. The van der Waals surface area contributed by atoms with Crippen molar-refractivity contribution >= 4 is 17.9 Å². The molecule has 5 nitrogen and oxygen atoms in total. The number of hydrogen-bond donors (Lipinski definition) is 2. The Kier molecular flexibility index (Phi) is 4.84. The molecule has 5 heteroatoms. The minimum absolute atomic E-state index is 0.201. The zero-order valence-electron chi connectivity index (χ0n) is 15.4. The number of amides is 2. The van der Waals surface area contributed by atoms with Crippen LogP contribution in [0.25, 0.3) is 6.08 Å². The van der Waals surface area contributed by atoms with Crippen LogP contribution in [0.4, 0.5) is 0 Å². The SMILES string of the molecule is Cc1cccc(C(=O)N/C(=C\c2ccco2)C(=O)N[C@H]2C[C@H]3CC[C@@H]2C3)c1. The van der Waals surface area contributed by atoms with Gasteiger partial charge in [0.2, 0.25) is 0 Å². The first-order chi connectivity index (χ1) is 13.1. The number of carbonyl (C=O) groups excluding carboxylic acids is 2. The molecule has 2 aromatic rings. The monoisotopic (exact) mass is 364 g/mol. The second-order valence-electron chi connectivity index (χ2n) is 7.65. The Morgan fingerprint density at radius 1 is 1.15 bits per heavy atom. The van der Waals surface area contributed by atoms with E-state index in [2.05, 4.69) is 10.6 Å². The molecule has 1 aromatic heterocycles. The zero-order chi connectivity index (χ0) is 18.8. The molecule has 0 radical (unpaired) electrons. The lowest BCUT2D eigenvalue weighted by molar-refractivity contribution is -0.118. The molecule has 2 saturated carbocycles. The van der Waals surface area contributed by atoms with E-state index in [-0.39, 0.29) is 23.6 Å². The van der Waals surface area contributed by atoms with Crippen LogP contribution in [0, 0.1) is 18.8 Å². The van der Waals surface area contributed by atoms with Gasteiger partial charge in [0, 0.05) is 17.7 Å². The van der Waals surface area contributed by atoms with Gasteiger partial charge in [0.05, 0.1) is 6.26 Å². The van der Waals surface area contributed by atoms with E-state index in [4.69, 9.17) is 4.42 Å². The molecule has 27 heavy (non-hydrogen) atoms. The molecule has 4 rings (SSSR count). The standard InChI is InChI=1S/C22H24N2O3/c1-14-4-2-5-17(10-14)21(25)24-20(13-18-6-3-9-27-18)22(26)23-19-12-15-7-8-16(19)11-15/h2-6,9-10,13,15-16,19H,7-8,11-12H2,1H3,(H,23,26)(H,24,25)/b20-13-/t15-,16+,19-/m0/s1. The van der Waals surface area contributed by atoms with Crippen LogP contribution < -0.4 is 10.6 Å². The fourth-order valence-corrected chi connectivity index (χ4v) is 4.32. The molecule has 3 atom stereocenters. The quantitative estimate of drug-likeness (QED) is 0.796. The lowest BCUT2D eigenvalue weighted by Crippen LogP contribution is -2.42. The molecule has 2 amide bonds. The Morgan fingerprint density at radius 2 is 2.04 bits per heavy atom. The number of benzene rings is 1. The first-order valence-electron chi connectivity index (χ1n) is 9.52. The largest absolute Gasteiger partial charge is 0.465 e. The second-order valence-corrected chi connectivity index (χ2v) is 7.65. The Hall–Kier alpha value is -2.82. The van der Waals surface area contributed by atoms with Crippen molar-refractivity contribution in [3.63, 3.8) is 0 Å². The molecule has 2 aliphatic carbocycles. The summed E-state index contributed by atoms with van der Waals surface area (Å²) in [7, 11) is 0. The van der Waals surface area contributed by atoms with Crippen LogP contribution in [0.3, 0.4) is 0 Å². The maximum atomic E-state index is 12.9. The van der Waals surface area contributed by atoms with Gasteiger partial charge in [0.15, 0.2) is 0 Å². The normalized spacial score (nSPS) is 24.0. The van der Waals surface area contributed by atoms with Crippen LogP contribution in [0.15, 0.2) is 52.8 Å². The van der Waals surface area contributed by atoms with E-state index in [0.717, 1.165) is 17.9 Å². The van der Waals surface area contributed by atoms with Gasteiger partial charge in [-0.15, -0.1) is 0 Å². The van der Waals surface area contributed by atoms with Crippen molar-refractivity contribution in [2.24, 2.45) is 11.8 Å². The Labute approximate surface area is 158 Å². The highest BCUT2D eigenvalue weighted by Gasteiger charge is 2.40. The van der Waals surface area contributed by atoms with Crippen molar-refractivity contribution in [3.8, 4) is 0 Å². The maximum Gasteiger partial charge on any atom is 0.268 e. The van der Waals surface area contributed by atoms with E-state index in [0.29, 0.717) is 17.2 Å². The summed E-state index contributed by atoms with van der Waals surface area (Å²) in [5, 5.41) is 5.89. The molecule has 0 saturated heterocycles. The van der Waals surface area contributed by atoms with Gasteiger partial charge in [0.25, 0.3) is 11.8 Å². The topological polar surface area (TPSA) is 71.3 Å². The molecule has 1 aromatic carbocycles. The second kappa shape index (κ2) is 7.43.